The van der Waals surface area contributed by atoms with Crippen molar-refractivity contribution in [3.63, 3.8) is 0 Å². The SMILES string of the molecule is Cc1nc(C)c(-c2ccnc(N(C)C(=O)c3cccc(-c4c(F)cccc4F)c3)n2)s1. The lowest BCUT2D eigenvalue weighted by molar-refractivity contribution is 0.0991. The van der Waals surface area contributed by atoms with Crippen LogP contribution in [0.15, 0.2) is 54.7 Å². The van der Waals surface area contributed by atoms with E-state index in [1.165, 1.54) is 40.5 Å². The standard InChI is InChI=1S/C23H18F2N4OS/c1-13-21(31-14(2)27-13)19-10-11-26-23(28-19)29(3)22(30)16-7-4-6-15(12-16)20-17(24)8-5-9-18(20)25/h4-12H,1-3H3. The van der Waals surface area contributed by atoms with Gasteiger partial charge in [0.1, 0.15) is 11.6 Å². The Bertz CT molecular complexity index is 1270. The summed E-state index contributed by atoms with van der Waals surface area (Å²) in [6, 6.07) is 11.6. The van der Waals surface area contributed by atoms with Gasteiger partial charge in [-0.2, -0.15) is 0 Å². The summed E-state index contributed by atoms with van der Waals surface area (Å²) in [5.41, 5.74) is 1.91. The minimum Gasteiger partial charge on any atom is -0.280 e. The number of benzene rings is 2. The van der Waals surface area contributed by atoms with Gasteiger partial charge < -0.3 is 0 Å². The van der Waals surface area contributed by atoms with Gasteiger partial charge in [-0.15, -0.1) is 11.3 Å². The maximum absolute atomic E-state index is 14.2. The molecule has 2 aromatic carbocycles. The molecule has 0 fully saturated rings. The van der Waals surface area contributed by atoms with E-state index in [9.17, 15) is 13.6 Å². The highest BCUT2D eigenvalue weighted by atomic mass is 32.1. The van der Waals surface area contributed by atoms with Gasteiger partial charge in [-0.1, -0.05) is 18.2 Å². The average molecular weight is 436 g/mol. The largest absolute Gasteiger partial charge is 0.280 e. The number of aryl methyl sites for hydroxylation is 2. The summed E-state index contributed by atoms with van der Waals surface area (Å²) in [5.74, 6) is -1.56. The highest BCUT2D eigenvalue weighted by Gasteiger charge is 2.19. The molecule has 0 atom stereocenters. The molecule has 0 radical (unpaired) electrons. The summed E-state index contributed by atoms with van der Waals surface area (Å²) in [5, 5.41) is 0.925. The Morgan fingerprint density at radius 1 is 1.00 bits per heavy atom. The maximum atomic E-state index is 14.2. The minimum absolute atomic E-state index is 0.172. The lowest BCUT2D eigenvalue weighted by atomic mass is 10.0. The van der Waals surface area contributed by atoms with Crippen molar-refractivity contribution in [2.75, 3.05) is 11.9 Å². The van der Waals surface area contributed by atoms with Crippen LogP contribution in [0, 0.1) is 25.5 Å². The van der Waals surface area contributed by atoms with Crippen molar-refractivity contribution in [2.24, 2.45) is 0 Å². The summed E-state index contributed by atoms with van der Waals surface area (Å²) in [7, 11) is 1.56. The van der Waals surface area contributed by atoms with E-state index in [1.807, 2.05) is 13.8 Å². The molecule has 0 bridgehead atoms. The number of amides is 1. The van der Waals surface area contributed by atoms with Gasteiger partial charge in [0, 0.05) is 18.8 Å². The van der Waals surface area contributed by atoms with Crippen LogP contribution >= 0.6 is 11.3 Å². The molecule has 4 rings (SSSR count). The first-order valence-electron chi connectivity index (χ1n) is 9.45. The van der Waals surface area contributed by atoms with Gasteiger partial charge in [-0.25, -0.2) is 23.7 Å². The zero-order valence-electron chi connectivity index (χ0n) is 17.1. The number of carbonyl (C=O) groups excluding carboxylic acids is 1. The second kappa shape index (κ2) is 8.31. The normalized spacial score (nSPS) is 10.9. The third-order valence-electron chi connectivity index (χ3n) is 4.74. The van der Waals surface area contributed by atoms with E-state index >= 15 is 0 Å². The second-order valence-electron chi connectivity index (χ2n) is 6.93. The summed E-state index contributed by atoms with van der Waals surface area (Å²) >= 11 is 1.52. The van der Waals surface area contributed by atoms with Crippen LogP contribution in [-0.4, -0.2) is 27.9 Å². The van der Waals surface area contributed by atoms with Crippen LogP contribution in [0.4, 0.5) is 14.7 Å². The van der Waals surface area contributed by atoms with E-state index in [2.05, 4.69) is 15.0 Å². The Morgan fingerprint density at radius 3 is 2.39 bits per heavy atom. The van der Waals surface area contributed by atoms with Crippen LogP contribution in [0.2, 0.25) is 0 Å². The molecule has 8 heteroatoms. The molecule has 2 aromatic heterocycles. The molecule has 0 unspecified atom stereocenters. The average Bonchev–Trinajstić information content (AvgIpc) is 3.11. The first-order chi connectivity index (χ1) is 14.8. The number of aromatic nitrogens is 3. The Balaban J connectivity index is 1.67. The maximum Gasteiger partial charge on any atom is 0.260 e. The van der Waals surface area contributed by atoms with Crippen LogP contribution in [0.1, 0.15) is 21.1 Å². The zero-order chi connectivity index (χ0) is 22.1. The van der Waals surface area contributed by atoms with E-state index in [0.717, 1.165) is 15.6 Å². The molecule has 0 aliphatic carbocycles. The molecular weight excluding hydrogens is 418 g/mol. The quantitative estimate of drug-likeness (QED) is 0.428. The number of nitrogens with zero attached hydrogens (tertiary/aromatic N) is 4. The van der Waals surface area contributed by atoms with Crippen molar-refractivity contribution in [3.8, 4) is 21.7 Å². The lowest BCUT2D eigenvalue weighted by Gasteiger charge is -2.16. The van der Waals surface area contributed by atoms with E-state index < -0.39 is 17.5 Å². The summed E-state index contributed by atoms with van der Waals surface area (Å²) in [6.07, 6.45) is 1.58. The Labute approximate surface area is 182 Å². The number of hydrogen-bond donors (Lipinski definition) is 0. The van der Waals surface area contributed by atoms with E-state index in [0.29, 0.717) is 5.69 Å². The summed E-state index contributed by atoms with van der Waals surface area (Å²) in [4.78, 5) is 28.4. The second-order valence-corrected chi connectivity index (χ2v) is 8.13. The molecule has 0 aliphatic heterocycles. The molecule has 156 valence electrons. The third-order valence-corrected chi connectivity index (χ3v) is 5.84. The fourth-order valence-electron chi connectivity index (χ4n) is 3.27. The van der Waals surface area contributed by atoms with Gasteiger partial charge in [0.2, 0.25) is 5.95 Å². The van der Waals surface area contributed by atoms with Crippen molar-refractivity contribution in [1.82, 2.24) is 15.0 Å². The van der Waals surface area contributed by atoms with Crippen LogP contribution in [0.5, 0.6) is 0 Å². The van der Waals surface area contributed by atoms with E-state index in [1.54, 1.807) is 37.5 Å². The van der Waals surface area contributed by atoms with Crippen LogP contribution < -0.4 is 4.90 Å². The molecule has 4 aromatic rings. The molecular formula is C23H18F2N4OS. The summed E-state index contributed by atoms with van der Waals surface area (Å²) < 4.78 is 28.3. The molecule has 0 saturated carbocycles. The molecule has 5 nitrogen and oxygen atoms in total. The van der Waals surface area contributed by atoms with Gasteiger partial charge in [0.05, 0.1) is 26.8 Å². The van der Waals surface area contributed by atoms with Crippen LogP contribution in [0.25, 0.3) is 21.7 Å². The number of rotatable bonds is 4. The lowest BCUT2D eigenvalue weighted by Crippen LogP contribution is -2.28. The number of carbonyl (C=O) groups is 1. The molecule has 0 aliphatic rings. The molecule has 0 N–H and O–H groups in total. The third kappa shape index (κ3) is 4.06. The Hall–Kier alpha value is -3.52. The van der Waals surface area contributed by atoms with Gasteiger partial charge >= 0.3 is 0 Å². The minimum atomic E-state index is -0.691. The fraction of sp³-hybridized carbons (Fsp3) is 0.130. The highest BCUT2D eigenvalue weighted by molar-refractivity contribution is 7.15. The zero-order valence-corrected chi connectivity index (χ0v) is 17.9. The monoisotopic (exact) mass is 436 g/mol. The predicted octanol–water partition coefficient (Wildman–Crippen LogP) is 5.44. The first kappa shape index (κ1) is 20.7. The number of thiazole rings is 1. The topological polar surface area (TPSA) is 59.0 Å². The van der Waals surface area contributed by atoms with Crippen molar-refractivity contribution in [1.29, 1.82) is 0 Å². The highest BCUT2D eigenvalue weighted by Crippen LogP contribution is 2.30. The molecule has 0 saturated heterocycles. The molecule has 0 spiro atoms. The number of hydrogen-bond acceptors (Lipinski definition) is 5. The van der Waals surface area contributed by atoms with Gasteiger partial charge in [0.25, 0.3) is 5.91 Å². The van der Waals surface area contributed by atoms with E-state index in [-0.39, 0.29) is 22.6 Å². The van der Waals surface area contributed by atoms with Crippen molar-refractivity contribution in [2.45, 2.75) is 13.8 Å². The summed E-state index contributed by atoms with van der Waals surface area (Å²) in [6.45, 7) is 3.83. The predicted molar refractivity (Wildman–Crippen MR) is 117 cm³/mol. The van der Waals surface area contributed by atoms with Crippen molar-refractivity contribution >= 4 is 23.2 Å². The van der Waals surface area contributed by atoms with Gasteiger partial charge in [-0.05, 0) is 49.7 Å². The van der Waals surface area contributed by atoms with Crippen LogP contribution in [-0.2, 0) is 0 Å². The Kier molecular flexibility index (Phi) is 5.56. The van der Waals surface area contributed by atoms with Crippen molar-refractivity contribution in [3.05, 3.63) is 82.6 Å². The number of anilines is 1. The molecule has 1 amide bonds. The number of halogens is 2. The van der Waals surface area contributed by atoms with E-state index in [4.69, 9.17) is 0 Å². The first-order valence-corrected chi connectivity index (χ1v) is 10.3. The Morgan fingerprint density at radius 2 is 1.71 bits per heavy atom. The van der Waals surface area contributed by atoms with Gasteiger partial charge in [-0.3, -0.25) is 9.69 Å². The molecule has 31 heavy (non-hydrogen) atoms. The molecule has 2 heterocycles. The van der Waals surface area contributed by atoms with Gasteiger partial charge in [0.15, 0.2) is 0 Å². The fourth-order valence-corrected chi connectivity index (χ4v) is 4.16. The van der Waals surface area contributed by atoms with Crippen LogP contribution in [0.3, 0.4) is 0 Å². The van der Waals surface area contributed by atoms with Crippen molar-refractivity contribution < 1.29 is 13.6 Å². The smallest absolute Gasteiger partial charge is 0.260 e.